The number of aliphatic carboxylic acids is 1. The van der Waals surface area contributed by atoms with E-state index in [0.717, 1.165) is 17.7 Å². The van der Waals surface area contributed by atoms with Crippen LogP contribution in [-0.2, 0) is 17.6 Å². The summed E-state index contributed by atoms with van der Waals surface area (Å²) in [7, 11) is 3.47. The molecule has 32 heavy (non-hydrogen) atoms. The van der Waals surface area contributed by atoms with Gasteiger partial charge in [-0.3, -0.25) is 9.59 Å². The van der Waals surface area contributed by atoms with Gasteiger partial charge in [0.1, 0.15) is 16.8 Å². The minimum Gasteiger partial charge on any atom is -0.481 e. The van der Waals surface area contributed by atoms with Gasteiger partial charge in [-0.2, -0.15) is 0 Å². The Morgan fingerprint density at radius 2 is 1.75 bits per heavy atom. The molecule has 1 aromatic heterocycles. The van der Waals surface area contributed by atoms with Crippen molar-refractivity contribution in [1.82, 2.24) is 9.97 Å². The van der Waals surface area contributed by atoms with Crippen molar-refractivity contribution >= 4 is 35.0 Å². The minimum atomic E-state index is -1.10. The second-order valence-corrected chi connectivity index (χ2v) is 7.51. The van der Waals surface area contributed by atoms with Crippen LogP contribution < -0.4 is 10.2 Å². The summed E-state index contributed by atoms with van der Waals surface area (Å²) in [6, 6.07) is 9.72. The third-order valence-electron chi connectivity index (χ3n) is 4.49. The first-order valence-electron chi connectivity index (χ1n) is 9.43. The number of nitrogens with zero attached hydrogens (tertiary/aromatic N) is 3. The van der Waals surface area contributed by atoms with Gasteiger partial charge in [0.15, 0.2) is 11.6 Å². The first-order chi connectivity index (χ1) is 15.1. The van der Waals surface area contributed by atoms with E-state index in [2.05, 4.69) is 15.3 Å². The van der Waals surface area contributed by atoms with E-state index in [9.17, 15) is 18.4 Å². The molecule has 0 aliphatic rings. The standard InChI is InChI=1S/C22H19ClF2N4O3/c1-29(2)21-15(11-19(30)31)20(23)27-18(28-21)9-12-3-6-14(7-4-12)26-22(32)13-5-8-16(24)17(25)10-13/h3-8,10H,9,11H2,1-2H3,(H,26,32)(H,30,31). The molecule has 0 radical (unpaired) electrons. The molecule has 0 aliphatic heterocycles. The van der Waals surface area contributed by atoms with Crippen LogP contribution in [0.25, 0.3) is 0 Å². The van der Waals surface area contributed by atoms with Crippen molar-refractivity contribution in [1.29, 1.82) is 0 Å². The molecule has 10 heteroatoms. The Kier molecular flexibility index (Phi) is 6.99. The topological polar surface area (TPSA) is 95.4 Å². The lowest BCUT2D eigenvalue weighted by molar-refractivity contribution is -0.136. The number of carbonyl (C=O) groups excluding carboxylic acids is 1. The van der Waals surface area contributed by atoms with Crippen LogP contribution in [0.5, 0.6) is 0 Å². The van der Waals surface area contributed by atoms with Crippen LogP contribution in [0.3, 0.4) is 0 Å². The zero-order chi connectivity index (χ0) is 23.4. The van der Waals surface area contributed by atoms with Crippen LogP contribution in [0.2, 0.25) is 5.15 Å². The van der Waals surface area contributed by atoms with E-state index in [1.165, 1.54) is 6.07 Å². The number of hydrogen-bond donors (Lipinski definition) is 2. The normalized spacial score (nSPS) is 10.7. The first kappa shape index (κ1) is 23.1. The van der Waals surface area contributed by atoms with Crippen LogP contribution in [0.1, 0.15) is 27.3 Å². The monoisotopic (exact) mass is 460 g/mol. The summed E-state index contributed by atoms with van der Waals surface area (Å²) in [5, 5.41) is 11.8. The van der Waals surface area contributed by atoms with Crippen molar-refractivity contribution in [2.45, 2.75) is 12.8 Å². The van der Waals surface area contributed by atoms with E-state index in [-0.39, 0.29) is 17.1 Å². The molecule has 0 saturated carbocycles. The van der Waals surface area contributed by atoms with Crippen LogP contribution in [0.4, 0.5) is 20.3 Å². The number of amides is 1. The number of carbonyl (C=O) groups is 2. The van der Waals surface area contributed by atoms with E-state index < -0.39 is 23.5 Å². The molecular weight excluding hydrogens is 442 g/mol. The summed E-state index contributed by atoms with van der Waals surface area (Å²) < 4.78 is 26.4. The number of carboxylic acid groups (broad SMARTS) is 1. The number of halogens is 3. The molecule has 2 N–H and O–H groups in total. The predicted octanol–water partition coefficient (Wildman–Crippen LogP) is 3.94. The second-order valence-electron chi connectivity index (χ2n) is 7.15. The molecule has 3 rings (SSSR count). The highest BCUT2D eigenvalue weighted by atomic mass is 35.5. The molecular formula is C22H19ClF2N4O3. The Morgan fingerprint density at radius 1 is 1.06 bits per heavy atom. The number of carboxylic acids is 1. The molecule has 2 aromatic carbocycles. The van der Waals surface area contributed by atoms with Crippen molar-refractivity contribution in [2.24, 2.45) is 0 Å². The smallest absolute Gasteiger partial charge is 0.308 e. The van der Waals surface area contributed by atoms with Crippen molar-refractivity contribution in [3.8, 4) is 0 Å². The van der Waals surface area contributed by atoms with Gasteiger partial charge in [0.25, 0.3) is 5.91 Å². The van der Waals surface area contributed by atoms with Gasteiger partial charge < -0.3 is 15.3 Å². The second kappa shape index (κ2) is 9.69. The van der Waals surface area contributed by atoms with Gasteiger partial charge in [-0.15, -0.1) is 0 Å². The Labute approximate surface area is 187 Å². The highest BCUT2D eigenvalue weighted by Crippen LogP contribution is 2.25. The molecule has 166 valence electrons. The number of aromatic nitrogens is 2. The van der Waals surface area contributed by atoms with Crippen molar-refractivity contribution < 1.29 is 23.5 Å². The summed E-state index contributed by atoms with van der Waals surface area (Å²) in [6.45, 7) is 0. The molecule has 7 nitrogen and oxygen atoms in total. The molecule has 0 fully saturated rings. The third kappa shape index (κ3) is 5.55. The Balaban J connectivity index is 1.74. The van der Waals surface area contributed by atoms with E-state index in [1.54, 1.807) is 43.3 Å². The van der Waals surface area contributed by atoms with Gasteiger partial charge in [0.2, 0.25) is 0 Å². The lowest BCUT2D eigenvalue weighted by Gasteiger charge is -2.17. The molecule has 3 aromatic rings. The fourth-order valence-electron chi connectivity index (χ4n) is 2.97. The van der Waals surface area contributed by atoms with Crippen LogP contribution in [0.15, 0.2) is 42.5 Å². The SMILES string of the molecule is CN(C)c1nc(Cc2ccc(NC(=O)c3ccc(F)c(F)c3)cc2)nc(Cl)c1CC(=O)O. The quantitative estimate of drug-likeness (QED) is 0.518. The van der Waals surface area contributed by atoms with Crippen LogP contribution in [-0.4, -0.2) is 41.0 Å². The lowest BCUT2D eigenvalue weighted by Crippen LogP contribution is -2.18. The van der Waals surface area contributed by atoms with Crippen LogP contribution >= 0.6 is 11.6 Å². The fraction of sp³-hybridized carbons (Fsp3) is 0.182. The number of nitrogens with one attached hydrogen (secondary N) is 1. The van der Waals surface area contributed by atoms with Crippen LogP contribution in [0, 0.1) is 11.6 Å². The predicted molar refractivity (Wildman–Crippen MR) is 116 cm³/mol. The van der Waals surface area contributed by atoms with E-state index in [1.807, 2.05) is 0 Å². The molecule has 0 spiro atoms. The summed E-state index contributed by atoms with van der Waals surface area (Å²) in [4.78, 5) is 33.7. The average molecular weight is 461 g/mol. The maximum Gasteiger partial charge on any atom is 0.308 e. The Hall–Kier alpha value is -3.59. The van der Waals surface area contributed by atoms with Crippen molar-refractivity contribution in [3.63, 3.8) is 0 Å². The number of rotatable bonds is 7. The van der Waals surface area contributed by atoms with Gasteiger partial charge in [0.05, 0.1) is 6.42 Å². The zero-order valence-corrected chi connectivity index (χ0v) is 18.0. The molecule has 0 bridgehead atoms. The zero-order valence-electron chi connectivity index (χ0n) is 17.2. The summed E-state index contributed by atoms with van der Waals surface area (Å²) in [5.74, 6) is -2.90. The first-order valence-corrected chi connectivity index (χ1v) is 9.81. The molecule has 1 heterocycles. The molecule has 0 unspecified atom stereocenters. The summed E-state index contributed by atoms with van der Waals surface area (Å²) in [6.07, 6.45) is 0.0320. The largest absolute Gasteiger partial charge is 0.481 e. The van der Waals surface area contributed by atoms with Crippen molar-refractivity contribution in [2.75, 3.05) is 24.3 Å². The third-order valence-corrected chi connectivity index (χ3v) is 4.80. The van der Waals surface area contributed by atoms with Gasteiger partial charge in [0, 0.05) is 37.3 Å². The van der Waals surface area contributed by atoms with E-state index >= 15 is 0 Å². The maximum absolute atomic E-state index is 13.3. The lowest BCUT2D eigenvalue weighted by atomic mass is 10.1. The molecule has 0 aliphatic carbocycles. The highest BCUT2D eigenvalue weighted by Gasteiger charge is 2.18. The number of benzene rings is 2. The Bertz CT molecular complexity index is 1170. The van der Waals surface area contributed by atoms with Gasteiger partial charge in [-0.05, 0) is 35.9 Å². The Morgan fingerprint density at radius 3 is 2.34 bits per heavy atom. The fourth-order valence-corrected chi connectivity index (χ4v) is 3.22. The average Bonchev–Trinajstić information content (AvgIpc) is 2.72. The summed E-state index contributed by atoms with van der Waals surface area (Å²) in [5.41, 5.74) is 1.62. The van der Waals surface area contributed by atoms with E-state index in [0.29, 0.717) is 29.3 Å². The van der Waals surface area contributed by atoms with Gasteiger partial charge in [-0.25, -0.2) is 18.7 Å². The minimum absolute atomic E-state index is 0.00585. The molecule has 0 saturated heterocycles. The van der Waals surface area contributed by atoms with Gasteiger partial charge in [-0.1, -0.05) is 23.7 Å². The number of hydrogen-bond acceptors (Lipinski definition) is 5. The maximum atomic E-state index is 13.3. The van der Waals surface area contributed by atoms with Crippen molar-refractivity contribution in [3.05, 3.63) is 81.8 Å². The highest BCUT2D eigenvalue weighted by molar-refractivity contribution is 6.30. The number of anilines is 2. The van der Waals surface area contributed by atoms with Gasteiger partial charge >= 0.3 is 5.97 Å². The summed E-state index contributed by atoms with van der Waals surface area (Å²) >= 11 is 6.21. The molecule has 0 atom stereocenters. The van der Waals surface area contributed by atoms with E-state index in [4.69, 9.17) is 16.7 Å². The molecule has 1 amide bonds.